The maximum Gasteiger partial charge on any atom is 0.262 e. The van der Waals surface area contributed by atoms with Crippen molar-refractivity contribution in [1.29, 1.82) is 0 Å². The first-order chi connectivity index (χ1) is 15.7. The van der Waals surface area contributed by atoms with E-state index in [1.807, 2.05) is 39.0 Å². The monoisotopic (exact) mass is 519 g/mol. The molecule has 0 saturated carbocycles. The van der Waals surface area contributed by atoms with Crippen molar-refractivity contribution in [3.8, 4) is 17.2 Å². The van der Waals surface area contributed by atoms with Crippen molar-refractivity contribution < 1.29 is 23.8 Å². The highest BCUT2D eigenvalue weighted by molar-refractivity contribution is 9.10. The summed E-state index contributed by atoms with van der Waals surface area (Å²) in [5.74, 6) is 1.11. The molecule has 2 N–H and O–H groups in total. The zero-order valence-corrected chi connectivity index (χ0v) is 21.1. The molecule has 0 heterocycles. The van der Waals surface area contributed by atoms with Crippen LogP contribution in [0.25, 0.3) is 0 Å². The minimum atomic E-state index is -0.746. The van der Waals surface area contributed by atoms with Crippen LogP contribution in [0.1, 0.15) is 31.4 Å². The molecule has 0 aliphatic heterocycles. The summed E-state index contributed by atoms with van der Waals surface area (Å²) >= 11 is 3.44. The number of aryl methyl sites for hydroxylation is 1. The van der Waals surface area contributed by atoms with Crippen LogP contribution in [0.2, 0.25) is 0 Å². The van der Waals surface area contributed by atoms with Crippen LogP contribution in [0, 0.1) is 12.8 Å². The number of benzene rings is 2. The number of ether oxygens (including phenoxy) is 3. The molecule has 0 aliphatic rings. The molecular formula is C24H30BrN3O5. The van der Waals surface area contributed by atoms with E-state index in [4.69, 9.17) is 14.2 Å². The Balaban J connectivity index is 2.01. The van der Waals surface area contributed by atoms with Crippen molar-refractivity contribution in [3.63, 3.8) is 0 Å². The lowest BCUT2D eigenvalue weighted by atomic mass is 10.0. The average molecular weight is 520 g/mol. The largest absolute Gasteiger partial charge is 0.493 e. The second-order valence-electron chi connectivity index (χ2n) is 7.77. The number of carbonyl (C=O) groups is 2. The molecule has 2 rings (SSSR count). The third-order valence-corrected chi connectivity index (χ3v) is 5.38. The molecular weight excluding hydrogens is 490 g/mol. The van der Waals surface area contributed by atoms with E-state index in [1.165, 1.54) is 13.3 Å². The number of amides is 2. The third kappa shape index (κ3) is 8.09. The standard InChI is InChI=1S/C24H30BrN3O5/c1-15(2)10-19(27-23(29)14-33-20-9-7-6-8-16(20)3)24(30)28-26-13-17-11-21(31-4)22(32-5)12-18(17)25/h6-9,11-13,15,19H,10,14H2,1-5H3,(H,27,29)(H,28,30)/b26-13-/t19-/m1/s1. The number of hydrazone groups is 1. The molecule has 2 aromatic carbocycles. The summed E-state index contributed by atoms with van der Waals surface area (Å²) in [5, 5.41) is 6.78. The summed E-state index contributed by atoms with van der Waals surface area (Å²) in [5.41, 5.74) is 4.11. The van der Waals surface area contributed by atoms with Gasteiger partial charge in [-0.1, -0.05) is 32.0 Å². The normalized spacial score (nSPS) is 11.8. The van der Waals surface area contributed by atoms with Crippen LogP contribution in [-0.2, 0) is 9.59 Å². The minimum Gasteiger partial charge on any atom is -0.493 e. The Bertz CT molecular complexity index is 994. The highest BCUT2D eigenvalue weighted by atomic mass is 79.9. The van der Waals surface area contributed by atoms with Gasteiger partial charge in [-0.05, 0) is 59.0 Å². The zero-order valence-electron chi connectivity index (χ0n) is 19.5. The van der Waals surface area contributed by atoms with Crippen molar-refractivity contribution in [2.24, 2.45) is 11.0 Å². The van der Waals surface area contributed by atoms with Gasteiger partial charge in [0.1, 0.15) is 11.8 Å². The fraction of sp³-hybridized carbons (Fsp3) is 0.375. The molecule has 1 atom stereocenters. The minimum absolute atomic E-state index is 0.183. The third-order valence-electron chi connectivity index (χ3n) is 4.69. The molecule has 2 aromatic rings. The fourth-order valence-electron chi connectivity index (χ4n) is 3.01. The molecule has 8 nitrogen and oxygen atoms in total. The van der Waals surface area contributed by atoms with Gasteiger partial charge in [0.15, 0.2) is 18.1 Å². The Morgan fingerprint density at radius 1 is 1.09 bits per heavy atom. The number of hydrogen-bond donors (Lipinski definition) is 2. The topological polar surface area (TPSA) is 98.2 Å². The van der Waals surface area contributed by atoms with E-state index in [0.717, 1.165) is 10.0 Å². The van der Waals surface area contributed by atoms with Crippen molar-refractivity contribution in [2.45, 2.75) is 33.2 Å². The highest BCUT2D eigenvalue weighted by Gasteiger charge is 2.22. The Labute approximate surface area is 202 Å². The van der Waals surface area contributed by atoms with Gasteiger partial charge in [0.05, 0.1) is 20.4 Å². The number of nitrogens with zero attached hydrogens (tertiary/aromatic N) is 1. The molecule has 9 heteroatoms. The smallest absolute Gasteiger partial charge is 0.262 e. The quantitative estimate of drug-likeness (QED) is 0.347. The summed E-state index contributed by atoms with van der Waals surface area (Å²) in [7, 11) is 3.09. The predicted octanol–water partition coefficient (Wildman–Crippen LogP) is 3.83. The molecule has 0 aliphatic carbocycles. The molecule has 33 heavy (non-hydrogen) atoms. The fourth-order valence-corrected chi connectivity index (χ4v) is 3.44. The average Bonchev–Trinajstić information content (AvgIpc) is 2.78. The van der Waals surface area contributed by atoms with Crippen molar-refractivity contribution in [2.75, 3.05) is 20.8 Å². The number of halogens is 1. The first kappa shape index (κ1) is 26.2. The van der Waals surface area contributed by atoms with Crippen LogP contribution < -0.4 is 25.0 Å². The van der Waals surface area contributed by atoms with Gasteiger partial charge in [0.2, 0.25) is 0 Å². The molecule has 0 fully saturated rings. The van der Waals surface area contributed by atoms with E-state index < -0.39 is 11.9 Å². The molecule has 0 spiro atoms. The zero-order chi connectivity index (χ0) is 24.4. The Morgan fingerprint density at radius 3 is 2.39 bits per heavy atom. The van der Waals surface area contributed by atoms with Crippen LogP contribution in [0.15, 0.2) is 46.0 Å². The van der Waals surface area contributed by atoms with Gasteiger partial charge in [-0.15, -0.1) is 0 Å². The van der Waals surface area contributed by atoms with E-state index in [0.29, 0.717) is 29.2 Å². The maximum absolute atomic E-state index is 12.7. The molecule has 178 valence electrons. The first-order valence-electron chi connectivity index (χ1n) is 10.5. The maximum atomic E-state index is 12.7. The van der Waals surface area contributed by atoms with E-state index >= 15 is 0 Å². The Hall–Kier alpha value is -3.07. The van der Waals surface area contributed by atoms with Crippen LogP contribution in [0.3, 0.4) is 0 Å². The number of nitrogens with one attached hydrogen (secondary N) is 2. The van der Waals surface area contributed by atoms with E-state index in [9.17, 15) is 9.59 Å². The lowest BCUT2D eigenvalue weighted by molar-refractivity contribution is -0.130. The Morgan fingerprint density at radius 2 is 1.76 bits per heavy atom. The second-order valence-corrected chi connectivity index (χ2v) is 8.62. The number of methoxy groups -OCH3 is 2. The molecule has 0 aromatic heterocycles. The summed E-state index contributed by atoms with van der Waals surface area (Å²) in [4.78, 5) is 25.1. The summed E-state index contributed by atoms with van der Waals surface area (Å²) < 4.78 is 16.8. The number of carbonyl (C=O) groups excluding carboxylic acids is 2. The van der Waals surface area contributed by atoms with E-state index in [2.05, 4.69) is 31.8 Å². The SMILES string of the molecule is COc1cc(Br)c(/C=N\NC(=O)[C@@H](CC(C)C)NC(=O)COc2ccccc2C)cc1OC. The first-order valence-corrected chi connectivity index (χ1v) is 11.3. The van der Waals surface area contributed by atoms with Gasteiger partial charge in [0, 0.05) is 10.0 Å². The molecule has 0 bridgehead atoms. The summed E-state index contributed by atoms with van der Waals surface area (Å²) in [6.07, 6.45) is 1.94. The van der Waals surface area contributed by atoms with Crippen molar-refractivity contribution >= 4 is 34.0 Å². The van der Waals surface area contributed by atoms with Gasteiger partial charge < -0.3 is 19.5 Å². The molecule has 0 saturated heterocycles. The lowest BCUT2D eigenvalue weighted by Gasteiger charge is -2.19. The molecule has 0 radical (unpaired) electrons. The molecule has 2 amide bonds. The summed E-state index contributed by atoms with van der Waals surface area (Å²) in [6.45, 7) is 5.66. The molecule has 0 unspecified atom stereocenters. The van der Waals surface area contributed by atoms with Crippen molar-refractivity contribution in [1.82, 2.24) is 10.7 Å². The van der Waals surface area contributed by atoms with E-state index in [1.54, 1.807) is 25.3 Å². The second kappa shape index (κ2) is 12.8. The number of rotatable bonds is 11. The van der Waals surface area contributed by atoms with Gasteiger partial charge in [0.25, 0.3) is 11.8 Å². The van der Waals surface area contributed by atoms with Crippen LogP contribution >= 0.6 is 15.9 Å². The highest BCUT2D eigenvalue weighted by Crippen LogP contribution is 2.32. The van der Waals surface area contributed by atoms with Gasteiger partial charge >= 0.3 is 0 Å². The lowest BCUT2D eigenvalue weighted by Crippen LogP contribution is -2.47. The van der Waals surface area contributed by atoms with E-state index in [-0.39, 0.29) is 18.4 Å². The predicted molar refractivity (Wildman–Crippen MR) is 131 cm³/mol. The Kier molecular flexibility index (Phi) is 10.2. The van der Waals surface area contributed by atoms with Crippen molar-refractivity contribution in [3.05, 3.63) is 52.0 Å². The van der Waals surface area contributed by atoms with Gasteiger partial charge in [-0.3, -0.25) is 9.59 Å². The van der Waals surface area contributed by atoms with Gasteiger partial charge in [-0.2, -0.15) is 5.10 Å². The van der Waals surface area contributed by atoms with Crippen LogP contribution in [-0.4, -0.2) is 44.9 Å². The van der Waals surface area contributed by atoms with Crippen LogP contribution in [0.5, 0.6) is 17.2 Å². The number of para-hydroxylation sites is 1. The van der Waals surface area contributed by atoms with Crippen LogP contribution in [0.4, 0.5) is 0 Å². The summed E-state index contributed by atoms with van der Waals surface area (Å²) in [6, 6.07) is 10.2. The number of hydrogen-bond acceptors (Lipinski definition) is 6. The van der Waals surface area contributed by atoms with Gasteiger partial charge in [-0.25, -0.2) is 5.43 Å².